The van der Waals surface area contributed by atoms with E-state index < -0.39 is 0 Å². The highest BCUT2D eigenvalue weighted by Gasteiger charge is 2.14. The van der Waals surface area contributed by atoms with Crippen LogP contribution in [0.2, 0.25) is 0 Å². The monoisotopic (exact) mass is 542 g/mol. The molecule has 8 aromatic rings. The highest BCUT2D eigenvalue weighted by atomic mass is 16.3. The molecule has 0 aliphatic rings. The Kier molecular flexibility index (Phi) is 5.41. The molecule has 0 fully saturated rings. The molecule has 2 heterocycles. The van der Waals surface area contributed by atoms with Crippen LogP contribution in [0.1, 0.15) is 0 Å². The first kappa shape index (κ1) is 24.1. The van der Waals surface area contributed by atoms with Gasteiger partial charge in [-0.2, -0.15) is 0 Å². The fraction of sp³-hybridized carbons (Fsp3) is 0. The van der Waals surface area contributed by atoms with Crippen molar-refractivity contribution in [2.75, 3.05) is 0 Å². The molecule has 0 unspecified atom stereocenters. The first-order valence-electron chi connectivity index (χ1n) is 13.7. The van der Waals surface area contributed by atoms with Crippen LogP contribution >= 0.6 is 0 Å². The van der Waals surface area contributed by atoms with Gasteiger partial charge in [-0.3, -0.25) is 9.59 Å². The van der Waals surface area contributed by atoms with E-state index in [2.05, 4.69) is 0 Å². The third-order valence-electron chi connectivity index (χ3n) is 7.88. The molecule has 42 heavy (non-hydrogen) atoms. The fourth-order valence-electron chi connectivity index (χ4n) is 5.69. The van der Waals surface area contributed by atoms with Crippen molar-refractivity contribution in [1.29, 1.82) is 0 Å². The minimum Gasteiger partial charge on any atom is -0.456 e. The van der Waals surface area contributed by atoms with Gasteiger partial charge in [0.15, 0.2) is 0 Å². The van der Waals surface area contributed by atoms with Gasteiger partial charge in [0.2, 0.25) is 10.9 Å². The Balaban J connectivity index is 1.27. The average Bonchev–Trinajstić information content (AvgIpc) is 3.05. The molecule has 0 bridgehead atoms. The lowest BCUT2D eigenvalue weighted by atomic mass is 9.99. The largest absolute Gasteiger partial charge is 0.456 e. The smallest absolute Gasteiger partial charge is 0.200 e. The van der Waals surface area contributed by atoms with Crippen molar-refractivity contribution in [3.05, 3.63) is 154 Å². The molecular weight excluding hydrogens is 520 g/mol. The third-order valence-corrected chi connectivity index (χ3v) is 7.88. The summed E-state index contributed by atoms with van der Waals surface area (Å²) in [5.41, 5.74) is 7.54. The van der Waals surface area contributed by atoms with Crippen molar-refractivity contribution in [1.82, 2.24) is 0 Å². The second-order valence-electron chi connectivity index (χ2n) is 10.4. The van der Waals surface area contributed by atoms with E-state index in [1.165, 1.54) is 0 Å². The predicted molar refractivity (Wildman–Crippen MR) is 170 cm³/mol. The van der Waals surface area contributed by atoms with Crippen LogP contribution in [0.5, 0.6) is 0 Å². The molecule has 0 atom stereocenters. The zero-order chi connectivity index (χ0) is 28.2. The molecule has 4 heteroatoms. The highest BCUT2D eigenvalue weighted by molar-refractivity contribution is 5.96. The van der Waals surface area contributed by atoms with Gasteiger partial charge < -0.3 is 8.83 Å². The maximum Gasteiger partial charge on any atom is 0.200 e. The maximum absolute atomic E-state index is 13.7. The molecule has 0 saturated heterocycles. The van der Waals surface area contributed by atoms with Gasteiger partial charge in [-0.25, -0.2) is 0 Å². The van der Waals surface area contributed by atoms with Crippen LogP contribution in [0.4, 0.5) is 0 Å². The van der Waals surface area contributed by atoms with Gasteiger partial charge >= 0.3 is 0 Å². The van der Waals surface area contributed by atoms with E-state index in [1.54, 1.807) is 0 Å². The summed E-state index contributed by atoms with van der Waals surface area (Å²) in [4.78, 5) is 27.4. The summed E-state index contributed by atoms with van der Waals surface area (Å²) in [6.45, 7) is 0. The first-order valence-corrected chi connectivity index (χ1v) is 13.7. The van der Waals surface area contributed by atoms with E-state index in [4.69, 9.17) is 8.83 Å². The standard InChI is InChI=1S/C38H22O4/c39-37-29-19-25(23-7-3-1-4-8-23)11-15-33(29)41-35-17-13-27(21-31(35)37)28-14-18-36-32(22-28)38(40)30-20-26(12-16-34(30)42-36)24-9-5-2-6-10-24/h1-22H. The average molecular weight is 543 g/mol. The Morgan fingerprint density at radius 2 is 0.595 bits per heavy atom. The van der Waals surface area contributed by atoms with Gasteiger partial charge in [0.25, 0.3) is 0 Å². The van der Waals surface area contributed by atoms with E-state index in [1.807, 2.05) is 133 Å². The van der Waals surface area contributed by atoms with Crippen LogP contribution in [0.15, 0.2) is 152 Å². The Hall–Kier alpha value is -5.74. The summed E-state index contributed by atoms with van der Waals surface area (Å²) in [7, 11) is 0. The first-order chi connectivity index (χ1) is 20.6. The normalized spacial score (nSPS) is 11.5. The Morgan fingerprint density at radius 3 is 0.905 bits per heavy atom. The van der Waals surface area contributed by atoms with Gasteiger partial charge in [0, 0.05) is 0 Å². The molecular formula is C38H22O4. The van der Waals surface area contributed by atoms with Crippen LogP contribution in [-0.4, -0.2) is 0 Å². The molecule has 0 aliphatic carbocycles. The molecule has 0 N–H and O–H groups in total. The number of hydrogen-bond acceptors (Lipinski definition) is 4. The summed E-state index contributed by atoms with van der Waals surface area (Å²) in [6, 6.07) is 42.4. The van der Waals surface area contributed by atoms with E-state index in [-0.39, 0.29) is 10.9 Å². The summed E-state index contributed by atoms with van der Waals surface area (Å²) in [6.07, 6.45) is 0. The molecule has 8 rings (SSSR count). The maximum atomic E-state index is 13.7. The van der Waals surface area contributed by atoms with E-state index in [9.17, 15) is 9.59 Å². The molecule has 2 aromatic heterocycles. The third kappa shape index (κ3) is 3.93. The van der Waals surface area contributed by atoms with Crippen molar-refractivity contribution in [3.63, 3.8) is 0 Å². The van der Waals surface area contributed by atoms with Crippen LogP contribution in [0.3, 0.4) is 0 Å². The zero-order valence-corrected chi connectivity index (χ0v) is 22.3. The van der Waals surface area contributed by atoms with Crippen molar-refractivity contribution in [2.24, 2.45) is 0 Å². The molecule has 198 valence electrons. The van der Waals surface area contributed by atoms with Gasteiger partial charge in [-0.15, -0.1) is 0 Å². The molecule has 0 saturated carbocycles. The second kappa shape index (κ2) is 9.43. The molecule has 0 amide bonds. The predicted octanol–water partition coefficient (Wildman–Crippen LogP) is 9.21. The SMILES string of the molecule is O=c1c2cc(-c3ccccc3)ccc2oc2ccc(-c3ccc4oc5ccc(-c6ccccc6)cc5c(=O)c4c3)cc12. The van der Waals surface area contributed by atoms with Gasteiger partial charge in [0.1, 0.15) is 22.3 Å². The van der Waals surface area contributed by atoms with E-state index in [0.29, 0.717) is 43.9 Å². The molecule has 0 aliphatic heterocycles. The van der Waals surface area contributed by atoms with Crippen LogP contribution in [0, 0.1) is 0 Å². The Labute approximate surface area is 239 Å². The van der Waals surface area contributed by atoms with Crippen LogP contribution in [-0.2, 0) is 0 Å². The number of fused-ring (bicyclic) bond motifs is 4. The summed E-state index contributed by atoms with van der Waals surface area (Å²) in [5, 5.41) is 2.04. The number of benzene rings is 6. The topological polar surface area (TPSA) is 60.4 Å². The van der Waals surface area contributed by atoms with Crippen molar-refractivity contribution < 1.29 is 8.83 Å². The van der Waals surface area contributed by atoms with Crippen molar-refractivity contribution in [3.8, 4) is 33.4 Å². The van der Waals surface area contributed by atoms with Crippen molar-refractivity contribution >= 4 is 43.9 Å². The second-order valence-corrected chi connectivity index (χ2v) is 10.4. The Bertz CT molecular complexity index is 2260. The molecule has 6 aromatic carbocycles. The van der Waals surface area contributed by atoms with Gasteiger partial charge in [-0.05, 0) is 81.9 Å². The fourth-order valence-corrected chi connectivity index (χ4v) is 5.69. The molecule has 0 spiro atoms. The Morgan fingerprint density at radius 1 is 0.310 bits per heavy atom. The summed E-state index contributed by atoms with van der Waals surface area (Å²) >= 11 is 0. The lowest BCUT2D eigenvalue weighted by Gasteiger charge is -2.08. The number of hydrogen-bond donors (Lipinski definition) is 0. The van der Waals surface area contributed by atoms with Crippen LogP contribution < -0.4 is 10.9 Å². The van der Waals surface area contributed by atoms with Gasteiger partial charge in [0.05, 0.1) is 21.5 Å². The highest BCUT2D eigenvalue weighted by Crippen LogP contribution is 2.31. The number of rotatable bonds is 3. The summed E-state index contributed by atoms with van der Waals surface area (Å²) < 4.78 is 12.3. The van der Waals surface area contributed by atoms with Crippen LogP contribution in [0.25, 0.3) is 77.3 Å². The zero-order valence-electron chi connectivity index (χ0n) is 22.3. The lowest BCUT2D eigenvalue weighted by molar-refractivity contribution is 0.659. The van der Waals surface area contributed by atoms with Crippen molar-refractivity contribution in [2.45, 2.75) is 0 Å². The minimum absolute atomic E-state index is 0.0920. The lowest BCUT2D eigenvalue weighted by Crippen LogP contribution is -2.03. The molecule has 4 nitrogen and oxygen atoms in total. The van der Waals surface area contributed by atoms with E-state index >= 15 is 0 Å². The minimum atomic E-state index is -0.0920. The quantitative estimate of drug-likeness (QED) is 0.209. The van der Waals surface area contributed by atoms with Gasteiger partial charge in [-0.1, -0.05) is 84.9 Å². The molecule has 0 radical (unpaired) electrons. The summed E-state index contributed by atoms with van der Waals surface area (Å²) in [5.74, 6) is 0. The van der Waals surface area contributed by atoms with E-state index in [0.717, 1.165) is 33.4 Å².